The van der Waals surface area contributed by atoms with Crippen LogP contribution in [0.1, 0.15) is 20.3 Å². The largest absolute Gasteiger partial charge is 0.359 e. The average molecular weight is 238 g/mol. The van der Waals surface area contributed by atoms with Crippen molar-refractivity contribution in [2.75, 3.05) is 12.3 Å². The van der Waals surface area contributed by atoms with Gasteiger partial charge in [0.25, 0.3) is 0 Å². The summed E-state index contributed by atoms with van der Waals surface area (Å²) >= 11 is 1.82. The first-order valence-corrected chi connectivity index (χ1v) is 6.63. The molecule has 1 fully saturated rings. The molecule has 88 valence electrons. The normalized spacial score (nSPS) is 27.2. The van der Waals surface area contributed by atoms with Crippen molar-refractivity contribution in [2.24, 2.45) is 4.99 Å². The quantitative estimate of drug-likeness (QED) is 0.869. The SMILES string of the molecule is CCC1(C)CSC(=NCCn2cccn2)N1. The highest BCUT2D eigenvalue weighted by molar-refractivity contribution is 8.14. The fourth-order valence-electron chi connectivity index (χ4n) is 1.52. The number of rotatable bonds is 4. The van der Waals surface area contributed by atoms with E-state index in [2.05, 4.69) is 29.3 Å². The molecule has 1 aromatic heterocycles. The van der Waals surface area contributed by atoms with Crippen LogP contribution in [0.4, 0.5) is 0 Å². The molecule has 1 aliphatic rings. The second kappa shape index (κ2) is 4.91. The van der Waals surface area contributed by atoms with Crippen LogP contribution >= 0.6 is 11.8 Å². The average Bonchev–Trinajstić information content (AvgIpc) is 2.90. The van der Waals surface area contributed by atoms with Crippen LogP contribution in [0.3, 0.4) is 0 Å². The number of thioether (sulfide) groups is 1. The van der Waals surface area contributed by atoms with E-state index in [0.717, 1.165) is 30.4 Å². The summed E-state index contributed by atoms with van der Waals surface area (Å²) in [4.78, 5) is 4.55. The van der Waals surface area contributed by atoms with Gasteiger partial charge in [-0.2, -0.15) is 5.10 Å². The molecule has 0 amide bonds. The van der Waals surface area contributed by atoms with Gasteiger partial charge in [-0.25, -0.2) is 0 Å². The highest BCUT2D eigenvalue weighted by atomic mass is 32.2. The summed E-state index contributed by atoms with van der Waals surface area (Å²) in [6.45, 7) is 6.09. The zero-order chi connectivity index (χ0) is 11.4. The van der Waals surface area contributed by atoms with Gasteiger partial charge >= 0.3 is 0 Å². The molecule has 16 heavy (non-hydrogen) atoms. The van der Waals surface area contributed by atoms with E-state index < -0.39 is 0 Å². The summed E-state index contributed by atoms with van der Waals surface area (Å²) in [6, 6.07) is 1.93. The molecular formula is C11H18N4S. The van der Waals surface area contributed by atoms with Crippen molar-refractivity contribution in [1.82, 2.24) is 15.1 Å². The van der Waals surface area contributed by atoms with Crippen LogP contribution in [0.15, 0.2) is 23.5 Å². The molecule has 0 aliphatic carbocycles. The first kappa shape index (κ1) is 11.5. The standard InChI is InChI=1S/C11H18N4S/c1-3-11(2)9-16-10(14-11)12-6-8-15-7-4-5-13-15/h4-5,7H,3,6,8-9H2,1-2H3,(H,12,14). The third kappa shape index (κ3) is 2.78. The minimum atomic E-state index is 0.231. The summed E-state index contributed by atoms with van der Waals surface area (Å²) < 4.78 is 1.91. The third-order valence-corrected chi connectivity index (χ3v) is 4.15. The van der Waals surface area contributed by atoms with E-state index in [1.165, 1.54) is 0 Å². The first-order valence-electron chi connectivity index (χ1n) is 5.65. The number of aromatic nitrogens is 2. The molecule has 0 bridgehead atoms. The van der Waals surface area contributed by atoms with Gasteiger partial charge in [0, 0.05) is 23.7 Å². The Morgan fingerprint density at radius 2 is 2.56 bits per heavy atom. The molecule has 4 nitrogen and oxygen atoms in total. The van der Waals surface area contributed by atoms with Crippen LogP contribution in [-0.2, 0) is 6.54 Å². The van der Waals surface area contributed by atoms with Gasteiger partial charge in [-0.05, 0) is 19.4 Å². The van der Waals surface area contributed by atoms with E-state index in [1.807, 2.05) is 28.7 Å². The Labute approximate surface area is 101 Å². The lowest BCUT2D eigenvalue weighted by atomic mass is 10.0. The zero-order valence-corrected chi connectivity index (χ0v) is 10.6. The molecule has 1 N–H and O–H groups in total. The van der Waals surface area contributed by atoms with E-state index in [0.29, 0.717) is 0 Å². The lowest BCUT2D eigenvalue weighted by molar-refractivity contribution is 0.466. The minimum Gasteiger partial charge on any atom is -0.359 e. The van der Waals surface area contributed by atoms with Crippen LogP contribution in [-0.4, -0.2) is 32.8 Å². The van der Waals surface area contributed by atoms with Crippen LogP contribution in [0.2, 0.25) is 0 Å². The van der Waals surface area contributed by atoms with Gasteiger partial charge in [0.2, 0.25) is 0 Å². The Kier molecular flexibility index (Phi) is 3.53. The number of hydrogen-bond donors (Lipinski definition) is 1. The maximum absolute atomic E-state index is 4.55. The fraction of sp³-hybridized carbons (Fsp3) is 0.636. The maximum atomic E-state index is 4.55. The van der Waals surface area contributed by atoms with Gasteiger partial charge in [-0.1, -0.05) is 18.7 Å². The number of hydrogen-bond acceptors (Lipinski definition) is 3. The summed E-state index contributed by atoms with van der Waals surface area (Å²) in [6.07, 6.45) is 4.90. The number of amidine groups is 1. The van der Waals surface area contributed by atoms with E-state index in [-0.39, 0.29) is 5.54 Å². The Bertz CT molecular complexity index is 360. The Hall–Kier alpha value is -0.970. The van der Waals surface area contributed by atoms with Gasteiger partial charge in [-0.3, -0.25) is 9.67 Å². The van der Waals surface area contributed by atoms with Crippen molar-refractivity contribution >= 4 is 16.9 Å². The molecule has 2 heterocycles. The van der Waals surface area contributed by atoms with Crippen molar-refractivity contribution < 1.29 is 0 Å². The van der Waals surface area contributed by atoms with Crippen molar-refractivity contribution in [1.29, 1.82) is 0 Å². The predicted octanol–water partition coefficient (Wildman–Crippen LogP) is 1.74. The first-order chi connectivity index (χ1) is 7.72. The number of aliphatic imine (C=N–C) groups is 1. The lowest BCUT2D eigenvalue weighted by Gasteiger charge is -2.20. The molecule has 1 unspecified atom stereocenters. The van der Waals surface area contributed by atoms with Crippen LogP contribution in [0.5, 0.6) is 0 Å². The van der Waals surface area contributed by atoms with Crippen molar-refractivity contribution in [3.05, 3.63) is 18.5 Å². The predicted molar refractivity (Wildman–Crippen MR) is 68.8 cm³/mol. The summed E-state index contributed by atoms with van der Waals surface area (Å²) in [5.74, 6) is 1.12. The second-order valence-electron chi connectivity index (χ2n) is 4.28. The molecule has 1 aromatic rings. The van der Waals surface area contributed by atoms with Crippen LogP contribution in [0, 0.1) is 0 Å². The highest BCUT2D eigenvalue weighted by Gasteiger charge is 2.30. The maximum Gasteiger partial charge on any atom is 0.157 e. The molecule has 0 aromatic carbocycles. The number of nitrogens with one attached hydrogen (secondary N) is 1. The second-order valence-corrected chi connectivity index (χ2v) is 5.25. The zero-order valence-electron chi connectivity index (χ0n) is 9.81. The highest BCUT2D eigenvalue weighted by Crippen LogP contribution is 2.25. The topological polar surface area (TPSA) is 42.2 Å². The Morgan fingerprint density at radius 1 is 1.69 bits per heavy atom. The molecule has 5 heteroatoms. The summed E-state index contributed by atoms with van der Waals surface area (Å²) in [5.41, 5.74) is 0.231. The lowest BCUT2D eigenvalue weighted by Crippen LogP contribution is -2.39. The Balaban J connectivity index is 1.81. The smallest absolute Gasteiger partial charge is 0.157 e. The van der Waals surface area contributed by atoms with Gasteiger partial charge < -0.3 is 5.32 Å². The molecule has 2 rings (SSSR count). The van der Waals surface area contributed by atoms with E-state index in [4.69, 9.17) is 0 Å². The molecule has 0 saturated carbocycles. The van der Waals surface area contributed by atoms with Gasteiger partial charge in [0.1, 0.15) is 0 Å². The molecule has 1 atom stereocenters. The van der Waals surface area contributed by atoms with Gasteiger partial charge in [-0.15, -0.1) is 0 Å². The van der Waals surface area contributed by atoms with Crippen molar-refractivity contribution in [2.45, 2.75) is 32.4 Å². The van der Waals surface area contributed by atoms with E-state index in [9.17, 15) is 0 Å². The van der Waals surface area contributed by atoms with E-state index in [1.54, 1.807) is 6.20 Å². The number of nitrogens with zero attached hydrogens (tertiary/aromatic N) is 3. The molecule has 1 aliphatic heterocycles. The van der Waals surface area contributed by atoms with E-state index >= 15 is 0 Å². The minimum absolute atomic E-state index is 0.231. The molecule has 1 saturated heterocycles. The third-order valence-electron chi connectivity index (χ3n) is 2.86. The van der Waals surface area contributed by atoms with Crippen molar-refractivity contribution in [3.63, 3.8) is 0 Å². The molecule has 0 spiro atoms. The molecular weight excluding hydrogens is 220 g/mol. The monoisotopic (exact) mass is 238 g/mol. The molecule has 0 radical (unpaired) electrons. The Morgan fingerprint density at radius 3 is 3.19 bits per heavy atom. The van der Waals surface area contributed by atoms with Crippen molar-refractivity contribution in [3.8, 4) is 0 Å². The summed E-state index contributed by atoms with van der Waals surface area (Å²) in [5, 5.41) is 8.71. The fourth-order valence-corrected chi connectivity index (χ4v) is 2.75. The summed E-state index contributed by atoms with van der Waals surface area (Å²) in [7, 11) is 0. The van der Waals surface area contributed by atoms with Crippen LogP contribution < -0.4 is 5.32 Å². The van der Waals surface area contributed by atoms with Gasteiger partial charge in [0.05, 0.1) is 13.1 Å². The van der Waals surface area contributed by atoms with Gasteiger partial charge in [0.15, 0.2) is 5.17 Å². The van der Waals surface area contributed by atoms with Crippen LogP contribution in [0.25, 0.3) is 0 Å².